The largest absolute Gasteiger partial charge is 0.497 e. The fourth-order valence-corrected chi connectivity index (χ4v) is 3.96. The van der Waals surface area contributed by atoms with Gasteiger partial charge in [-0.25, -0.2) is 4.98 Å². The van der Waals surface area contributed by atoms with Crippen LogP contribution in [0.15, 0.2) is 24.4 Å². The summed E-state index contributed by atoms with van der Waals surface area (Å²) in [5.74, 6) is 0.711. The number of anilines is 1. The predicted octanol–water partition coefficient (Wildman–Crippen LogP) is 3.37. The molecular formula is C19H26ClN5O2S. The van der Waals surface area contributed by atoms with Crippen LogP contribution in [0.5, 0.6) is 5.75 Å². The first-order valence-corrected chi connectivity index (χ1v) is 9.62. The molecule has 0 N–H and O–H groups in total. The van der Waals surface area contributed by atoms with Gasteiger partial charge < -0.3 is 9.64 Å². The summed E-state index contributed by atoms with van der Waals surface area (Å²) >= 11 is 1.50. The van der Waals surface area contributed by atoms with E-state index in [-0.39, 0.29) is 18.3 Å². The summed E-state index contributed by atoms with van der Waals surface area (Å²) in [6, 6.07) is 5.76. The number of ether oxygens (including phenoxy) is 1. The van der Waals surface area contributed by atoms with Crippen LogP contribution in [0.2, 0.25) is 0 Å². The highest BCUT2D eigenvalue weighted by Crippen LogP contribution is 2.32. The van der Waals surface area contributed by atoms with Crippen molar-refractivity contribution >= 4 is 45.0 Å². The SMILES string of the molecule is COc1ccc2nc(N(CCCN(C)C)C(=O)c3c(C)cnn3C)sc2c1.Cl. The molecule has 0 fully saturated rings. The molecule has 152 valence electrons. The maximum Gasteiger partial charge on any atom is 0.278 e. The van der Waals surface area contributed by atoms with Crippen LogP contribution in [0.3, 0.4) is 0 Å². The second kappa shape index (κ2) is 9.36. The van der Waals surface area contributed by atoms with Gasteiger partial charge in [-0.2, -0.15) is 5.10 Å². The molecule has 2 heterocycles. The van der Waals surface area contributed by atoms with E-state index >= 15 is 0 Å². The van der Waals surface area contributed by atoms with Crippen LogP contribution >= 0.6 is 23.7 Å². The Kier molecular flexibility index (Phi) is 7.40. The third kappa shape index (κ3) is 4.63. The van der Waals surface area contributed by atoms with Gasteiger partial charge in [-0.3, -0.25) is 14.4 Å². The first-order valence-electron chi connectivity index (χ1n) is 8.80. The van der Waals surface area contributed by atoms with Crippen LogP contribution in [0.4, 0.5) is 5.13 Å². The van der Waals surface area contributed by atoms with Gasteiger partial charge in [0.1, 0.15) is 11.4 Å². The number of fused-ring (bicyclic) bond motifs is 1. The molecule has 3 rings (SSSR count). The Morgan fingerprint density at radius 2 is 2.04 bits per heavy atom. The molecule has 9 heteroatoms. The van der Waals surface area contributed by atoms with Crippen LogP contribution in [-0.4, -0.2) is 59.9 Å². The molecule has 0 aliphatic heterocycles. The highest BCUT2D eigenvalue weighted by Gasteiger charge is 2.25. The zero-order valence-corrected chi connectivity index (χ0v) is 18.4. The van der Waals surface area contributed by atoms with E-state index in [1.165, 1.54) is 11.3 Å². The van der Waals surface area contributed by atoms with Crippen molar-refractivity contribution in [2.75, 3.05) is 39.2 Å². The van der Waals surface area contributed by atoms with Crippen LogP contribution in [0, 0.1) is 6.92 Å². The standard InChI is InChI=1S/C19H25N5O2S.ClH/c1-13-12-20-23(4)17(13)18(25)24(10-6-9-22(2)3)19-21-15-8-7-14(26-5)11-16(15)27-19;/h7-8,11-12H,6,9-10H2,1-5H3;1H. The van der Waals surface area contributed by atoms with Crippen molar-refractivity contribution in [3.05, 3.63) is 35.7 Å². The van der Waals surface area contributed by atoms with Gasteiger partial charge in [-0.15, -0.1) is 12.4 Å². The number of aromatic nitrogens is 3. The van der Waals surface area contributed by atoms with Gasteiger partial charge in [-0.1, -0.05) is 11.3 Å². The molecule has 0 spiro atoms. The molecule has 0 saturated heterocycles. The van der Waals surface area contributed by atoms with Gasteiger partial charge >= 0.3 is 0 Å². The Labute approximate surface area is 175 Å². The summed E-state index contributed by atoms with van der Waals surface area (Å²) in [5.41, 5.74) is 2.32. The Morgan fingerprint density at radius 3 is 2.64 bits per heavy atom. The zero-order chi connectivity index (χ0) is 19.6. The van der Waals surface area contributed by atoms with Crippen LogP contribution < -0.4 is 9.64 Å². The molecule has 0 aliphatic carbocycles. The van der Waals surface area contributed by atoms with Crippen LogP contribution in [0.25, 0.3) is 10.2 Å². The third-order valence-electron chi connectivity index (χ3n) is 4.37. The van der Waals surface area contributed by atoms with E-state index in [0.29, 0.717) is 17.4 Å². The number of carbonyl (C=O) groups is 1. The van der Waals surface area contributed by atoms with Gasteiger partial charge in [-0.05, 0) is 57.7 Å². The lowest BCUT2D eigenvalue weighted by Gasteiger charge is -2.21. The number of rotatable bonds is 7. The summed E-state index contributed by atoms with van der Waals surface area (Å²) < 4.78 is 7.93. The van der Waals surface area contributed by atoms with Crippen molar-refractivity contribution in [1.82, 2.24) is 19.7 Å². The number of benzene rings is 1. The third-order valence-corrected chi connectivity index (χ3v) is 5.41. The molecule has 7 nitrogen and oxygen atoms in total. The fraction of sp³-hybridized carbons (Fsp3) is 0.421. The molecule has 1 amide bonds. The second-order valence-electron chi connectivity index (χ2n) is 6.74. The molecule has 2 aromatic heterocycles. The predicted molar refractivity (Wildman–Crippen MR) is 116 cm³/mol. The molecule has 1 aromatic carbocycles. The van der Waals surface area contributed by atoms with Gasteiger partial charge in [0.2, 0.25) is 0 Å². The van der Waals surface area contributed by atoms with Crippen LogP contribution in [0.1, 0.15) is 22.5 Å². The summed E-state index contributed by atoms with van der Waals surface area (Å²) in [7, 11) is 7.50. The molecule has 0 atom stereocenters. The lowest BCUT2D eigenvalue weighted by molar-refractivity contribution is 0.0976. The summed E-state index contributed by atoms with van der Waals surface area (Å²) in [5, 5.41) is 4.91. The number of carbonyl (C=O) groups excluding carboxylic acids is 1. The van der Waals surface area contributed by atoms with Gasteiger partial charge in [0.15, 0.2) is 5.13 Å². The number of hydrogen-bond acceptors (Lipinski definition) is 6. The molecule has 0 bridgehead atoms. The minimum atomic E-state index is -0.0720. The van der Waals surface area contributed by atoms with Crippen molar-refractivity contribution in [3.63, 3.8) is 0 Å². The first-order chi connectivity index (χ1) is 12.9. The maximum atomic E-state index is 13.3. The van der Waals surface area contributed by atoms with E-state index in [1.54, 1.807) is 29.9 Å². The quantitative estimate of drug-likeness (QED) is 0.583. The molecule has 3 aromatic rings. The number of thiazole rings is 1. The number of methoxy groups -OCH3 is 1. The van der Waals surface area contributed by atoms with Gasteiger partial charge in [0.25, 0.3) is 5.91 Å². The number of halogens is 1. The molecule has 28 heavy (non-hydrogen) atoms. The highest BCUT2D eigenvalue weighted by atomic mass is 35.5. The Bertz CT molecular complexity index is 934. The Balaban J connectivity index is 0.00000280. The second-order valence-corrected chi connectivity index (χ2v) is 7.75. The van der Waals surface area contributed by atoms with E-state index in [4.69, 9.17) is 9.72 Å². The topological polar surface area (TPSA) is 63.5 Å². The Hall–Kier alpha value is -2.16. The minimum Gasteiger partial charge on any atom is -0.497 e. The zero-order valence-electron chi connectivity index (χ0n) is 16.8. The highest BCUT2D eigenvalue weighted by molar-refractivity contribution is 7.22. The van der Waals surface area contributed by atoms with Crippen molar-refractivity contribution in [1.29, 1.82) is 0 Å². The van der Waals surface area contributed by atoms with E-state index in [0.717, 1.165) is 34.5 Å². The van der Waals surface area contributed by atoms with E-state index in [1.807, 2.05) is 39.2 Å². The van der Waals surface area contributed by atoms with E-state index in [2.05, 4.69) is 10.00 Å². The average Bonchev–Trinajstić information content (AvgIpc) is 3.20. The summed E-state index contributed by atoms with van der Waals surface area (Å²) in [6.07, 6.45) is 2.57. The average molecular weight is 424 g/mol. The molecule has 0 radical (unpaired) electrons. The van der Waals surface area contributed by atoms with E-state index in [9.17, 15) is 4.79 Å². The van der Waals surface area contributed by atoms with Crippen molar-refractivity contribution < 1.29 is 9.53 Å². The maximum absolute atomic E-state index is 13.3. The lowest BCUT2D eigenvalue weighted by Crippen LogP contribution is -2.35. The Morgan fingerprint density at radius 1 is 1.29 bits per heavy atom. The smallest absolute Gasteiger partial charge is 0.278 e. The minimum absolute atomic E-state index is 0. The number of amides is 1. The number of hydrogen-bond donors (Lipinski definition) is 0. The van der Waals surface area contributed by atoms with E-state index < -0.39 is 0 Å². The summed E-state index contributed by atoms with van der Waals surface area (Å²) in [4.78, 5) is 21.9. The van der Waals surface area contributed by atoms with Crippen LogP contribution in [-0.2, 0) is 7.05 Å². The first kappa shape index (κ1) is 22.1. The normalized spacial score (nSPS) is 10.9. The monoisotopic (exact) mass is 423 g/mol. The van der Waals surface area contributed by atoms with Gasteiger partial charge in [0, 0.05) is 13.6 Å². The number of aryl methyl sites for hydroxylation is 2. The molecule has 0 saturated carbocycles. The van der Waals surface area contributed by atoms with Crippen molar-refractivity contribution in [2.45, 2.75) is 13.3 Å². The molecule has 0 unspecified atom stereocenters. The summed E-state index contributed by atoms with van der Waals surface area (Å²) in [6.45, 7) is 3.40. The molecule has 0 aliphatic rings. The fourth-order valence-electron chi connectivity index (χ4n) is 2.95. The number of nitrogens with zero attached hydrogens (tertiary/aromatic N) is 5. The van der Waals surface area contributed by atoms with Crippen molar-refractivity contribution in [3.8, 4) is 5.75 Å². The van der Waals surface area contributed by atoms with Gasteiger partial charge in [0.05, 0.1) is 23.5 Å². The lowest BCUT2D eigenvalue weighted by atomic mass is 10.2. The van der Waals surface area contributed by atoms with Crippen molar-refractivity contribution in [2.24, 2.45) is 7.05 Å². The molecular weight excluding hydrogens is 398 g/mol.